The summed E-state index contributed by atoms with van der Waals surface area (Å²) in [7, 11) is 4.37. The largest absolute Gasteiger partial charge is 0.353 e. The minimum Gasteiger partial charge on any atom is -0.353 e. The van der Waals surface area contributed by atoms with Gasteiger partial charge in [0, 0.05) is 44.3 Å². The van der Waals surface area contributed by atoms with E-state index in [1.165, 1.54) is 32.2 Å². The summed E-state index contributed by atoms with van der Waals surface area (Å²) in [5.74, 6) is 1.83. The maximum absolute atomic E-state index is 6.13. The van der Waals surface area contributed by atoms with Gasteiger partial charge in [-0.2, -0.15) is 0 Å². The molecule has 30 heavy (non-hydrogen) atoms. The number of piperazine rings is 1. The van der Waals surface area contributed by atoms with E-state index in [9.17, 15) is 0 Å². The minimum absolute atomic E-state index is 0.534. The molecule has 1 aromatic heterocycles. The molecule has 1 aromatic carbocycles. The quantitative estimate of drug-likeness (QED) is 0.663. The Labute approximate surface area is 190 Å². The van der Waals surface area contributed by atoms with Gasteiger partial charge in [-0.15, -0.1) is 10.2 Å². The van der Waals surface area contributed by atoms with Crippen molar-refractivity contribution in [2.45, 2.75) is 31.7 Å². The highest BCUT2D eigenvalue weighted by molar-refractivity contribution is 6.42. The molecule has 0 unspecified atom stereocenters. The van der Waals surface area contributed by atoms with Crippen LogP contribution in [-0.2, 0) is 0 Å². The number of nitrogens with zero attached hydrogens (tertiary/aromatic N) is 5. The van der Waals surface area contributed by atoms with Crippen molar-refractivity contribution in [2.75, 3.05) is 51.7 Å². The number of anilines is 1. The number of halogens is 2. The summed E-state index contributed by atoms with van der Waals surface area (Å²) < 4.78 is 0. The molecule has 2 heterocycles. The summed E-state index contributed by atoms with van der Waals surface area (Å²) in [5, 5.41) is 9.99. The number of hydrogen-bond donors (Lipinski definition) is 0. The third-order valence-corrected chi connectivity index (χ3v) is 7.20. The van der Waals surface area contributed by atoms with Crippen LogP contribution in [0.15, 0.2) is 30.3 Å². The predicted octanol–water partition coefficient (Wildman–Crippen LogP) is 4.69. The van der Waals surface area contributed by atoms with Crippen LogP contribution < -0.4 is 4.90 Å². The molecule has 4 rings (SSSR count). The first kappa shape index (κ1) is 21.8. The molecule has 0 amide bonds. The highest BCUT2D eigenvalue weighted by atomic mass is 35.5. The molecular weight excluding hydrogens is 417 g/mol. The van der Waals surface area contributed by atoms with Gasteiger partial charge in [0.1, 0.15) is 0 Å². The van der Waals surface area contributed by atoms with E-state index < -0.39 is 0 Å². The van der Waals surface area contributed by atoms with Gasteiger partial charge in [-0.1, -0.05) is 29.3 Å². The third-order valence-electron chi connectivity index (χ3n) is 6.46. The van der Waals surface area contributed by atoms with Gasteiger partial charge in [0.2, 0.25) is 0 Å². The molecule has 0 atom stereocenters. The Morgan fingerprint density at radius 1 is 0.900 bits per heavy atom. The van der Waals surface area contributed by atoms with E-state index >= 15 is 0 Å². The summed E-state index contributed by atoms with van der Waals surface area (Å²) in [5.41, 5.74) is 1.74. The Morgan fingerprint density at radius 3 is 2.23 bits per heavy atom. The van der Waals surface area contributed by atoms with E-state index in [4.69, 9.17) is 23.2 Å². The van der Waals surface area contributed by atoms with E-state index in [1.807, 2.05) is 18.2 Å². The molecule has 1 aliphatic carbocycles. The lowest BCUT2D eigenvalue weighted by Gasteiger charge is -2.42. The molecule has 5 nitrogen and oxygen atoms in total. The molecule has 7 heteroatoms. The normalized spacial score (nSPS) is 23.2. The molecule has 0 N–H and O–H groups in total. The topological polar surface area (TPSA) is 35.5 Å². The van der Waals surface area contributed by atoms with Crippen LogP contribution in [0.1, 0.15) is 25.7 Å². The van der Waals surface area contributed by atoms with Gasteiger partial charge in [-0.3, -0.25) is 4.90 Å². The molecular formula is C23H31Cl2N5. The van der Waals surface area contributed by atoms with Crippen molar-refractivity contribution in [1.29, 1.82) is 0 Å². The van der Waals surface area contributed by atoms with Crippen molar-refractivity contribution in [3.05, 3.63) is 40.4 Å². The van der Waals surface area contributed by atoms with E-state index in [1.54, 1.807) is 6.07 Å². The average Bonchev–Trinajstić information content (AvgIpc) is 2.76. The molecule has 1 saturated carbocycles. The van der Waals surface area contributed by atoms with Crippen molar-refractivity contribution in [3.63, 3.8) is 0 Å². The van der Waals surface area contributed by atoms with Crippen LogP contribution >= 0.6 is 23.2 Å². The molecule has 2 fully saturated rings. The fourth-order valence-electron chi connectivity index (χ4n) is 4.83. The second-order valence-corrected chi connectivity index (χ2v) is 9.68. The van der Waals surface area contributed by atoms with Crippen LogP contribution in [0, 0.1) is 5.92 Å². The highest BCUT2D eigenvalue weighted by Gasteiger charge is 2.28. The first-order valence-corrected chi connectivity index (χ1v) is 11.7. The van der Waals surface area contributed by atoms with E-state index in [0.29, 0.717) is 10.0 Å². The second kappa shape index (κ2) is 9.82. The zero-order valence-corrected chi connectivity index (χ0v) is 19.4. The summed E-state index contributed by atoms with van der Waals surface area (Å²) in [6.45, 7) is 5.48. The molecule has 2 aliphatic rings. The molecule has 2 aromatic rings. The Kier molecular flexibility index (Phi) is 7.14. The van der Waals surface area contributed by atoms with E-state index in [2.05, 4.69) is 45.1 Å². The van der Waals surface area contributed by atoms with Crippen molar-refractivity contribution in [1.82, 2.24) is 20.0 Å². The highest BCUT2D eigenvalue weighted by Crippen LogP contribution is 2.30. The fourth-order valence-corrected chi connectivity index (χ4v) is 5.13. The summed E-state index contributed by atoms with van der Waals surface area (Å²) in [6, 6.07) is 10.4. The summed E-state index contributed by atoms with van der Waals surface area (Å²) in [4.78, 5) is 7.37. The number of benzene rings is 1. The Bertz CT molecular complexity index is 826. The minimum atomic E-state index is 0.534. The molecule has 0 bridgehead atoms. The fraction of sp³-hybridized carbons (Fsp3) is 0.565. The smallest absolute Gasteiger partial charge is 0.151 e. The van der Waals surface area contributed by atoms with Crippen LogP contribution in [-0.4, -0.2) is 72.9 Å². The van der Waals surface area contributed by atoms with Gasteiger partial charge >= 0.3 is 0 Å². The summed E-state index contributed by atoms with van der Waals surface area (Å²) in [6.07, 6.45) is 5.42. The molecule has 0 spiro atoms. The lowest BCUT2D eigenvalue weighted by atomic mass is 9.85. The van der Waals surface area contributed by atoms with Gasteiger partial charge in [-0.25, -0.2) is 0 Å². The first-order chi connectivity index (χ1) is 14.5. The van der Waals surface area contributed by atoms with Gasteiger partial charge < -0.3 is 9.80 Å². The van der Waals surface area contributed by atoms with Gasteiger partial charge in [0.05, 0.1) is 15.7 Å². The van der Waals surface area contributed by atoms with Crippen LogP contribution in [0.4, 0.5) is 5.82 Å². The number of aromatic nitrogens is 2. The van der Waals surface area contributed by atoms with Crippen LogP contribution in [0.5, 0.6) is 0 Å². The van der Waals surface area contributed by atoms with Gasteiger partial charge in [0.25, 0.3) is 0 Å². The maximum atomic E-state index is 6.13. The monoisotopic (exact) mass is 447 g/mol. The van der Waals surface area contributed by atoms with Crippen molar-refractivity contribution < 1.29 is 0 Å². The predicted molar refractivity (Wildman–Crippen MR) is 126 cm³/mol. The number of rotatable bonds is 5. The molecule has 1 saturated heterocycles. The zero-order valence-electron chi connectivity index (χ0n) is 17.9. The average molecular weight is 448 g/mol. The SMILES string of the molecule is CN(C)CC1CCC(N2CCN(c3ccc(-c4ccc(Cl)c(Cl)c4)nn3)CC2)CC1. The maximum Gasteiger partial charge on any atom is 0.151 e. The standard InChI is InChI=1S/C23H31Cl2N5/c1-28(2)16-17-3-6-19(7-4-17)29-11-13-30(14-12-29)23-10-9-22(26-27-23)18-5-8-20(24)21(25)15-18/h5,8-10,15,17,19H,3-4,6-7,11-14,16H2,1-2H3. The molecule has 0 radical (unpaired) electrons. The van der Waals surface area contributed by atoms with E-state index in [-0.39, 0.29) is 0 Å². The Balaban J connectivity index is 1.29. The molecule has 1 aliphatic heterocycles. The first-order valence-electron chi connectivity index (χ1n) is 10.9. The van der Waals surface area contributed by atoms with Crippen LogP contribution in [0.25, 0.3) is 11.3 Å². The second-order valence-electron chi connectivity index (χ2n) is 8.87. The third kappa shape index (κ3) is 5.25. The lowest BCUT2D eigenvalue weighted by Crippen LogP contribution is -2.51. The van der Waals surface area contributed by atoms with Crippen molar-refractivity contribution >= 4 is 29.0 Å². The lowest BCUT2D eigenvalue weighted by molar-refractivity contribution is 0.121. The van der Waals surface area contributed by atoms with Crippen molar-refractivity contribution in [2.24, 2.45) is 5.92 Å². The van der Waals surface area contributed by atoms with Crippen LogP contribution in [0.3, 0.4) is 0 Å². The number of hydrogen-bond acceptors (Lipinski definition) is 5. The molecule has 162 valence electrons. The summed E-state index contributed by atoms with van der Waals surface area (Å²) >= 11 is 12.1. The Morgan fingerprint density at radius 2 is 1.63 bits per heavy atom. The van der Waals surface area contributed by atoms with Gasteiger partial charge in [0.15, 0.2) is 5.82 Å². The zero-order chi connectivity index (χ0) is 21.1. The van der Waals surface area contributed by atoms with Gasteiger partial charge in [-0.05, 0) is 70.0 Å². The van der Waals surface area contributed by atoms with Crippen LogP contribution in [0.2, 0.25) is 10.0 Å². The van der Waals surface area contributed by atoms with Crippen molar-refractivity contribution in [3.8, 4) is 11.3 Å². The Hall–Kier alpha value is -1.40. The van der Waals surface area contributed by atoms with E-state index in [0.717, 1.165) is 55.2 Å².